The molecule has 0 unspecified atom stereocenters. The molecule has 0 aromatic heterocycles. The summed E-state index contributed by atoms with van der Waals surface area (Å²) in [7, 11) is 0. The molecule has 1 aromatic carbocycles. The van der Waals surface area contributed by atoms with Gasteiger partial charge in [0.05, 0.1) is 5.41 Å². The summed E-state index contributed by atoms with van der Waals surface area (Å²) < 4.78 is 5.45. The fourth-order valence-corrected chi connectivity index (χ4v) is 1.56. The van der Waals surface area contributed by atoms with Crippen molar-refractivity contribution in [3.8, 4) is 5.75 Å². The second-order valence-corrected chi connectivity index (χ2v) is 5.58. The maximum Gasteiger partial charge on any atom is 0.257 e. The van der Waals surface area contributed by atoms with Crippen molar-refractivity contribution in [2.45, 2.75) is 27.7 Å². The minimum atomic E-state index is -0.768. The molecule has 0 saturated heterocycles. The first-order chi connectivity index (χ1) is 9.22. The average Bonchev–Trinajstić information content (AvgIpc) is 2.35. The highest BCUT2D eigenvalue weighted by Crippen LogP contribution is 2.18. The fourth-order valence-electron chi connectivity index (χ4n) is 1.56. The van der Waals surface area contributed by atoms with Crippen LogP contribution in [0.4, 0.5) is 0 Å². The van der Waals surface area contributed by atoms with Crippen LogP contribution in [0.5, 0.6) is 5.75 Å². The molecule has 0 radical (unpaired) electrons. The summed E-state index contributed by atoms with van der Waals surface area (Å²) >= 11 is 0. The maximum atomic E-state index is 11.7. The Morgan fingerprint density at radius 1 is 1.30 bits per heavy atom. The van der Waals surface area contributed by atoms with Gasteiger partial charge in [-0.2, -0.15) is 0 Å². The highest BCUT2D eigenvalue weighted by Gasteiger charge is 2.25. The zero-order chi connectivity index (χ0) is 15.3. The summed E-state index contributed by atoms with van der Waals surface area (Å²) in [5.74, 6) is -0.0488. The molecule has 5 heteroatoms. The van der Waals surface area contributed by atoms with Crippen LogP contribution >= 0.6 is 0 Å². The number of aryl methyl sites for hydroxylation is 2. The monoisotopic (exact) mass is 278 g/mol. The molecule has 0 aliphatic carbocycles. The standard InChI is InChI=1S/C15H22N2O3/c1-10-5-6-12(11(2)7-10)20-8-13(18)17-9-15(3,4)14(16)19/h5-7H,8-9H2,1-4H3,(H2,16,19)(H,17,18). The minimum absolute atomic E-state index is 0.0846. The highest BCUT2D eigenvalue weighted by molar-refractivity contribution is 5.82. The van der Waals surface area contributed by atoms with Crippen LogP contribution in [0.2, 0.25) is 0 Å². The fraction of sp³-hybridized carbons (Fsp3) is 0.467. The van der Waals surface area contributed by atoms with E-state index in [9.17, 15) is 9.59 Å². The molecule has 0 atom stereocenters. The Balaban J connectivity index is 2.46. The molecule has 0 aliphatic rings. The van der Waals surface area contributed by atoms with E-state index in [-0.39, 0.29) is 19.1 Å². The number of carbonyl (C=O) groups excluding carboxylic acids is 2. The molecule has 0 fully saturated rings. The van der Waals surface area contributed by atoms with Crippen LogP contribution in [0, 0.1) is 19.3 Å². The molecule has 3 N–H and O–H groups in total. The number of amides is 2. The topological polar surface area (TPSA) is 81.4 Å². The zero-order valence-corrected chi connectivity index (χ0v) is 12.4. The summed E-state index contributed by atoms with van der Waals surface area (Å²) in [6.45, 7) is 7.39. The van der Waals surface area contributed by atoms with E-state index in [0.717, 1.165) is 11.1 Å². The summed E-state index contributed by atoms with van der Waals surface area (Å²) in [6, 6.07) is 5.76. The van der Waals surface area contributed by atoms with Crippen molar-refractivity contribution in [3.63, 3.8) is 0 Å². The smallest absolute Gasteiger partial charge is 0.257 e. The molecule has 5 nitrogen and oxygen atoms in total. The van der Waals surface area contributed by atoms with Gasteiger partial charge in [-0.3, -0.25) is 9.59 Å². The van der Waals surface area contributed by atoms with Crippen LogP contribution in [0.1, 0.15) is 25.0 Å². The van der Waals surface area contributed by atoms with E-state index in [1.807, 2.05) is 32.0 Å². The Hall–Kier alpha value is -2.04. The molecule has 0 bridgehead atoms. The molecule has 2 amide bonds. The van der Waals surface area contributed by atoms with E-state index in [2.05, 4.69) is 5.32 Å². The quantitative estimate of drug-likeness (QED) is 0.823. The van der Waals surface area contributed by atoms with Gasteiger partial charge in [-0.05, 0) is 39.3 Å². The third kappa shape index (κ3) is 4.57. The molecule has 1 aromatic rings. The molecular weight excluding hydrogens is 256 g/mol. The molecule has 0 aliphatic heterocycles. The average molecular weight is 278 g/mol. The second kappa shape index (κ2) is 6.41. The number of nitrogens with two attached hydrogens (primary N) is 1. The van der Waals surface area contributed by atoms with E-state index in [0.29, 0.717) is 5.75 Å². The van der Waals surface area contributed by atoms with Crippen LogP contribution in [0.25, 0.3) is 0 Å². The molecular formula is C15H22N2O3. The number of nitrogens with one attached hydrogen (secondary N) is 1. The summed E-state index contributed by atoms with van der Waals surface area (Å²) in [4.78, 5) is 22.8. The SMILES string of the molecule is Cc1ccc(OCC(=O)NCC(C)(C)C(N)=O)c(C)c1. The van der Waals surface area contributed by atoms with Gasteiger partial charge in [0, 0.05) is 6.54 Å². The van der Waals surface area contributed by atoms with E-state index >= 15 is 0 Å². The summed E-state index contributed by atoms with van der Waals surface area (Å²) in [5.41, 5.74) is 6.59. The van der Waals surface area contributed by atoms with E-state index in [1.54, 1.807) is 13.8 Å². The second-order valence-electron chi connectivity index (χ2n) is 5.58. The Morgan fingerprint density at radius 3 is 2.50 bits per heavy atom. The highest BCUT2D eigenvalue weighted by atomic mass is 16.5. The number of hydrogen-bond donors (Lipinski definition) is 2. The van der Waals surface area contributed by atoms with Gasteiger partial charge in [0.25, 0.3) is 5.91 Å². The van der Waals surface area contributed by atoms with Crippen LogP contribution < -0.4 is 15.8 Å². The van der Waals surface area contributed by atoms with Crippen molar-refractivity contribution >= 4 is 11.8 Å². The van der Waals surface area contributed by atoms with Crippen LogP contribution in [-0.2, 0) is 9.59 Å². The lowest BCUT2D eigenvalue weighted by atomic mass is 9.93. The van der Waals surface area contributed by atoms with E-state index in [1.165, 1.54) is 0 Å². The van der Waals surface area contributed by atoms with Crippen molar-refractivity contribution in [1.82, 2.24) is 5.32 Å². The van der Waals surface area contributed by atoms with Gasteiger partial charge in [0.1, 0.15) is 5.75 Å². The largest absolute Gasteiger partial charge is 0.484 e. The zero-order valence-electron chi connectivity index (χ0n) is 12.4. The van der Waals surface area contributed by atoms with Crippen LogP contribution in [0.15, 0.2) is 18.2 Å². The van der Waals surface area contributed by atoms with Crippen molar-refractivity contribution in [2.75, 3.05) is 13.2 Å². The van der Waals surface area contributed by atoms with Crippen molar-refractivity contribution in [3.05, 3.63) is 29.3 Å². The van der Waals surface area contributed by atoms with E-state index in [4.69, 9.17) is 10.5 Å². The predicted octanol–water partition coefficient (Wildman–Crippen LogP) is 1.31. The number of rotatable bonds is 6. The van der Waals surface area contributed by atoms with Gasteiger partial charge in [-0.15, -0.1) is 0 Å². The number of benzene rings is 1. The van der Waals surface area contributed by atoms with Crippen LogP contribution in [0.3, 0.4) is 0 Å². The minimum Gasteiger partial charge on any atom is -0.484 e. The first kappa shape index (κ1) is 16.0. The number of ether oxygens (including phenoxy) is 1. The number of carbonyl (C=O) groups is 2. The molecule has 20 heavy (non-hydrogen) atoms. The number of primary amides is 1. The van der Waals surface area contributed by atoms with Gasteiger partial charge < -0.3 is 15.8 Å². The summed E-state index contributed by atoms with van der Waals surface area (Å²) in [6.07, 6.45) is 0. The van der Waals surface area contributed by atoms with Crippen molar-refractivity contribution in [2.24, 2.45) is 11.1 Å². The Kier molecular flexibility index (Phi) is 5.13. The lowest BCUT2D eigenvalue weighted by Crippen LogP contribution is -2.43. The van der Waals surface area contributed by atoms with Gasteiger partial charge in [0.2, 0.25) is 5.91 Å². The normalized spacial score (nSPS) is 11.0. The Labute approximate surface area is 119 Å². The Bertz CT molecular complexity index is 510. The molecule has 1 rings (SSSR count). The van der Waals surface area contributed by atoms with Gasteiger partial charge >= 0.3 is 0 Å². The third-order valence-electron chi connectivity index (χ3n) is 3.08. The number of hydrogen-bond acceptors (Lipinski definition) is 3. The molecule has 0 heterocycles. The Morgan fingerprint density at radius 2 is 1.95 bits per heavy atom. The van der Waals surface area contributed by atoms with Crippen molar-refractivity contribution in [1.29, 1.82) is 0 Å². The van der Waals surface area contributed by atoms with Crippen LogP contribution in [-0.4, -0.2) is 25.0 Å². The molecule has 0 saturated carbocycles. The van der Waals surface area contributed by atoms with Gasteiger partial charge in [0.15, 0.2) is 6.61 Å². The molecule has 0 spiro atoms. The third-order valence-corrected chi connectivity index (χ3v) is 3.08. The first-order valence-corrected chi connectivity index (χ1v) is 6.49. The van der Waals surface area contributed by atoms with Gasteiger partial charge in [-0.1, -0.05) is 17.7 Å². The lowest BCUT2D eigenvalue weighted by Gasteiger charge is -2.20. The lowest BCUT2D eigenvalue weighted by molar-refractivity contribution is -0.127. The van der Waals surface area contributed by atoms with Crippen molar-refractivity contribution < 1.29 is 14.3 Å². The van der Waals surface area contributed by atoms with E-state index < -0.39 is 11.3 Å². The maximum absolute atomic E-state index is 11.7. The first-order valence-electron chi connectivity index (χ1n) is 6.49. The summed E-state index contributed by atoms with van der Waals surface area (Å²) in [5, 5.41) is 2.64. The van der Waals surface area contributed by atoms with Gasteiger partial charge in [-0.25, -0.2) is 0 Å². The molecule has 110 valence electrons. The predicted molar refractivity (Wildman–Crippen MR) is 77.4 cm³/mol.